The number of nitrogens with zero attached hydrogens (tertiary/aromatic N) is 1. The molecule has 4 aromatic rings. The Hall–Kier alpha value is -3.86. The fraction of sp³-hybridized carbons (Fsp3) is 0.241. The number of methoxy groups -OCH3 is 1. The topological polar surface area (TPSA) is 62.4 Å². The van der Waals surface area contributed by atoms with Gasteiger partial charge >= 0.3 is 0 Å². The van der Waals surface area contributed by atoms with Crippen LogP contribution < -0.4 is 15.2 Å². The predicted octanol–water partition coefficient (Wildman–Crippen LogP) is 5.99. The van der Waals surface area contributed by atoms with Crippen molar-refractivity contribution >= 4 is 22.5 Å². The van der Waals surface area contributed by atoms with E-state index < -0.39 is 0 Å². The number of benzene rings is 3. The van der Waals surface area contributed by atoms with Crippen LogP contribution in [0, 0.1) is 6.92 Å². The number of H-pyrrole nitrogens is 1. The second-order valence-corrected chi connectivity index (χ2v) is 9.63. The van der Waals surface area contributed by atoms with E-state index in [-0.39, 0.29) is 23.4 Å². The number of carbonyl (C=O) groups is 1. The van der Waals surface area contributed by atoms with E-state index in [0.717, 1.165) is 22.0 Å². The van der Waals surface area contributed by atoms with Crippen molar-refractivity contribution in [2.75, 3.05) is 12.0 Å². The highest BCUT2D eigenvalue weighted by Gasteiger charge is 2.21. The quantitative estimate of drug-likeness (QED) is 0.403. The Bertz CT molecular complexity index is 1380. The van der Waals surface area contributed by atoms with Crippen molar-refractivity contribution in [3.8, 4) is 5.75 Å². The molecule has 174 valence electrons. The molecule has 0 aliphatic heterocycles. The van der Waals surface area contributed by atoms with E-state index in [4.69, 9.17) is 4.74 Å². The fourth-order valence-electron chi connectivity index (χ4n) is 3.97. The van der Waals surface area contributed by atoms with Crippen LogP contribution in [0.1, 0.15) is 47.8 Å². The molecule has 0 radical (unpaired) electrons. The van der Waals surface area contributed by atoms with Crippen LogP contribution in [0.25, 0.3) is 10.9 Å². The first-order chi connectivity index (χ1) is 16.2. The lowest BCUT2D eigenvalue weighted by molar-refractivity contribution is 0.0985. The summed E-state index contributed by atoms with van der Waals surface area (Å²) in [5, 5.41) is 0.936. The Morgan fingerprint density at radius 2 is 1.62 bits per heavy atom. The van der Waals surface area contributed by atoms with Gasteiger partial charge in [-0.1, -0.05) is 44.5 Å². The van der Waals surface area contributed by atoms with Crippen molar-refractivity contribution in [3.05, 3.63) is 105 Å². The molecule has 3 aromatic carbocycles. The molecule has 0 fully saturated rings. The molecule has 0 spiro atoms. The summed E-state index contributed by atoms with van der Waals surface area (Å²) in [5.74, 6) is 0.527. The smallest absolute Gasteiger partial charge is 0.258 e. The molecule has 5 heteroatoms. The maximum absolute atomic E-state index is 13.7. The molecule has 0 atom stereocenters. The van der Waals surface area contributed by atoms with E-state index in [0.29, 0.717) is 22.6 Å². The third-order valence-electron chi connectivity index (χ3n) is 6.03. The molecular weight excluding hydrogens is 424 g/mol. The highest BCUT2D eigenvalue weighted by atomic mass is 16.5. The number of anilines is 1. The SMILES string of the molecule is COc1ccc(N(Cc2cc3cc(C)ccc3[nH]c2=O)C(=O)c2ccc(C(C)(C)C)cc2)cc1. The first kappa shape index (κ1) is 23.3. The first-order valence-corrected chi connectivity index (χ1v) is 11.3. The summed E-state index contributed by atoms with van der Waals surface area (Å²) in [7, 11) is 1.60. The number of aromatic nitrogens is 1. The van der Waals surface area contributed by atoms with Gasteiger partial charge in [-0.3, -0.25) is 9.59 Å². The summed E-state index contributed by atoms with van der Waals surface area (Å²) in [5.41, 5.74) is 4.60. The molecule has 0 unspecified atom stereocenters. The molecule has 5 nitrogen and oxygen atoms in total. The van der Waals surface area contributed by atoms with Crippen LogP contribution in [0.4, 0.5) is 5.69 Å². The first-order valence-electron chi connectivity index (χ1n) is 11.3. The number of hydrogen-bond donors (Lipinski definition) is 1. The van der Waals surface area contributed by atoms with Gasteiger partial charge in [0.05, 0.1) is 13.7 Å². The van der Waals surface area contributed by atoms with Gasteiger partial charge in [0, 0.05) is 22.3 Å². The molecule has 1 aromatic heterocycles. The highest BCUT2D eigenvalue weighted by Crippen LogP contribution is 2.26. The van der Waals surface area contributed by atoms with E-state index in [2.05, 4.69) is 25.8 Å². The number of rotatable bonds is 5. The average molecular weight is 455 g/mol. The number of pyridine rings is 1. The minimum absolute atomic E-state index is 0.00618. The zero-order valence-electron chi connectivity index (χ0n) is 20.3. The van der Waals surface area contributed by atoms with Crippen molar-refractivity contribution in [1.29, 1.82) is 0 Å². The number of hydrogen-bond acceptors (Lipinski definition) is 3. The Morgan fingerprint density at radius 3 is 2.24 bits per heavy atom. The summed E-state index contributed by atoms with van der Waals surface area (Å²) in [4.78, 5) is 31.1. The number of aryl methyl sites for hydroxylation is 1. The van der Waals surface area contributed by atoms with Crippen LogP contribution >= 0.6 is 0 Å². The monoisotopic (exact) mass is 454 g/mol. The Labute approximate surface area is 200 Å². The standard InChI is InChI=1S/C29H30N2O3/c1-19-6-15-26-21(16-19)17-22(27(32)30-26)18-31(24-11-13-25(34-5)14-12-24)28(33)20-7-9-23(10-8-20)29(2,3)4/h6-17H,18H2,1-5H3,(H,30,32). The van der Waals surface area contributed by atoms with Gasteiger partial charge in [0.1, 0.15) is 5.75 Å². The zero-order valence-corrected chi connectivity index (χ0v) is 20.3. The number of carbonyl (C=O) groups excluding carboxylic acids is 1. The number of amides is 1. The van der Waals surface area contributed by atoms with Gasteiger partial charge in [-0.15, -0.1) is 0 Å². The molecule has 34 heavy (non-hydrogen) atoms. The van der Waals surface area contributed by atoms with E-state index in [9.17, 15) is 9.59 Å². The molecule has 0 aliphatic rings. The van der Waals surface area contributed by atoms with Crippen LogP contribution in [-0.2, 0) is 12.0 Å². The second kappa shape index (κ2) is 9.18. The highest BCUT2D eigenvalue weighted by molar-refractivity contribution is 6.06. The van der Waals surface area contributed by atoms with Gasteiger partial charge in [-0.05, 0) is 77.9 Å². The third-order valence-corrected chi connectivity index (χ3v) is 6.03. The Balaban J connectivity index is 1.75. The summed E-state index contributed by atoms with van der Waals surface area (Å²) in [6.07, 6.45) is 0. The lowest BCUT2D eigenvalue weighted by atomic mass is 9.86. The van der Waals surface area contributed by atoms with Gasteiger partial charge in [0.15, 0.2) is 0 Å². The molecule has 4 rings (SSSR count). The molecule has 1 N–H and O–H groups in total. The fourth-order valence-corrected chi connectivity index (χ4v) is 3.97. The van der Waals surface area contributed by atoms with E-state index >= 15 is 0 Å². The summed E-state index contributed by atoms with van der Waals surface area (Å²) >= 11 is 0. The van der Waals surface area contributed by atoms with Gasteiger partial charge in [-0.25, -0.2) is 0 Å². The van der Waals surface area contributed by atoms with Crippen molar-refractivity contribution in [2.45, 2.75) is 39.7 Å². The van der Waals surface area contributed by atoms with Gasteiger partial charge in [0.25, 0.3) is 11.5 Å². The number of ether oxygens (including phenoxy) is 1. The second-order valence-electron chi connectivity index (χ2n) is 9.63. The van der Waals surface area contributed by atoms with Gasteiger partial charge in [-0.2, -0.15) is 0 Å². The maximum Gasteiger partial charge on any atom is 0.258 e. The van der Waals surface area contributed by atoms with Crippen LogP contribution in [0.3, 0.4) is 0 Å². The zero-order chi connectivity index (χ0) is 24.5. The molecular formula is C29H30N2O3. The lowest BCUT2D eigenvalue weighted by Crippen LogP contribution is -2.33. The third kappa shape index (κ3) is 4.88. The summed E-state index contributed by atoms with van der Waals surface area (Å²) in [6.45, 7) is 8.58. The van der Waals surface area contributed by atoms with Crippen LogP contribution in [0.15, 0.2) is 77.6 Å². The van der Waals surface area contributed by atoms with Crippen LogP contribution in [0.5, 0.6) is 5.75 Å². The number of nitrogens with one attached hydrogen (secondary N) is 1. The summed E-state index contributed by atoms with van der Waals surface area (Å²) < 4.78 is 5.28. The largest absolute Gasteiger partial charge is 0.497 e. The maximum atomic E-state index is 13.7. The van der Waals surface area contributed by atoms with Gasteiger partial charge < -0.3 is 14.6 Å². The van der Waals surface area contributed by atoms with E-state index in [1.54, 1.807) is 12.0 Å². The van der Waals surface area contributed by atoms with Crippen molar-refractivity contribution in [3.63, 3.8) is 0 Å². The molecule has 0 saturated carbocycles. The normalized spacial score (nSPS) is 11.4. The van der Waals surface area contributed by atoms with Gasteiger partial charge in [0.2, 0.25) is 0 Å². The molecule has 1 heterocycles. The number of fused-ring (bicyclic) bond motifs is 1. The van der Waals surface area contributed by atoms with Crippen molar-refractivity contribution in [1.82, 2.24) is 4.98 Å². The minimum Gasteiger partial charge on any atom is -0.497 e. The van der Waals surface area contributed by atoms with E-state index in [1.807, 2.05) is 79.7 Å². The lowest BCUT2D eigenvalue weighted by Gasteiger charge is -2.24. The molecule has 0 bridgehead atoms. The Morgan fingerprint density at radius 1 is 0.941 bits per heavy atom. The predicted molar refractivity (Wildman–Crippen MR) is 138 cm³/mol. The molecule has 0 aliphatic carbocycles. The van der Waals surface area contributed by atoms with E-state index in [1.165, 1.54) is 0 Å². The molecule has 0 saturated heterocycles. The average Bonchev–Trinajstić information content (AvgIpc) is 2.82. The Kier molecular flexibility index (Phi) is 6.29. The minimum atomic E-state index is -0.203. The van der Waals surface area contributed by atoms with Crippen molar-refractivity contribution < 1.29 is 9.53 Å². The van der Waals surface area contributed by atoms with Crippen LogP contribution in [-0.4, -0.2) is 18.0 Å². The number of aromatic amines is 1. The summed E-state index contributed by atoms with van der Waals surface area (Å²) in [6, 6.07) is 22.7. The van der Waals surface area contributed by atoms with Crippen LogP contribution in [0.2, 0.25) is 0 Å². The molecule has 1 amide bonds. The van der Waals surface area contributed by atoms with Crippen molar-refractivity contribution in [2.24, 2.45) is 0 Å².